The highest BCUT2D eigenvalue weighted by molar-refractivity contribution is 5.95. The molecule has 0 spiro atoms. The van der Waals surface area contributed by atoms with E-state index in [4.69, 9.17) is 4.74 Å². The van der Waals surface area contributed by atoms with E-state index in [0.29, 0.717) is 13.1 Å². The molecule has 0 aromatic carbocycles. The van der Waals surface area contributed by atoms with Crippen LogP contribution < -0.4 is 0 Å². The molecule has 2 heterocycles. The van der Waals surface area contributed by atoms with Gasteiger partial charge in [0.25, 0.3) is 5.91 Å². The summed E-state index contributed by atoms with van der Waals surface area (Å²) in [5.41, 5.74) is -1.48. The van der Waals surface area contributed by atoms with Crippen LogP contribution in [0.5, 0.6) is 0 Å². The van der Waals surface area contributed by atoms with E-state index >= 15 is 0 Å². The first-order chi connectivity index (χ1) is 11.9. The number of ether oxygens (including phenoxy) is 1. The molecule has 1 aliphatic rings. The number of pyridine rings is 1. The number of carbonyl (C=O) groups excluding carboxylic acids is 2. The lowest BCUT2D eigenvalue weighted by Gasteiger charge is -2.35. The highest BCUT2D eigenvalue weighted by Crippen LogP contribution is 2.28. The van der Waals surface area contributed by atoms with Crippen molar-refractivity contribution in [1.82, 2.24) is 14.8 Å². The largest absolute Gasteiger partial charge is 0.444 e. The summed E-state index contributed by atoms with van der Waals surface area (Å²) in [6.45, 7) is 7.83. The standard InChI is InChI=1S/C17H22F3N3O3/c1-11-12(5-6-13(21-11)17(18,19)20)14(24)22-7-9-23(10-8-22)15(25)26-16(2,3)4/h5-6H,7-10H2,1-4H3. The molecule has 6 nitrogen and oxygen atoms in total. The first-order valence-electron chi connectivity index (χ1n) is 8.20. The Morgan fingerprint density at radius 1 is 1.04 bits per heavy atom. The van der Waals surface area contributed by atoms with Crippen molar-refractivity contribution in [1.29, 1.82) is 0 Å². The lowest BCUT2D eigenvalue weighted by molar-refractivity contribution is -0.141. The summed E-state index contributed by atoms with van der Waals surface area (Å²) < 4.78 is 43.3. The van der Waals surface area contributed by atoms with Gasteiger partial charge in [-0.25, -0.2) is 9.78 Å². The predicted molar refractivity (Wildman–Crippen MR) is 87.7 cm³/mol. The minimum absolute atomic E-state index is 0.0272. The molecular weight excluding hydrogens is 351 g/mol. The maximum absolute atomic E-state index is 12.7. The van der Waals surface area contributed by atoms with Crippen molar-refractivity contribution in [3.8, 4) is 0 Å². The van der Waals surface area contributed by atoms with Gasteiger partial charge in [0.05, 0.1) is 11.3 Å². The molecule has 0 radical (unpaired) electrons. The number of piperazine rings is 1. The number of halogens is 3. The van der Waals surface area contributed by atoms with Gasteiger partial charge in [0.1, 0.15) is 11.3 Å². The van der Waals surface area contributed by atoms with Gasteiger partial charge >= 0.3 is 12.3 Å². The lowest BCUT2D eigenvalue weighted by atomic mass is 10.1. The normalized spacial score (nSPS) is 15.8. The summed E-state index contributed by atoms with van der Waals surface area (Å²) in [7, 11) is 0. The second-order valence-corrected chi connectivity index (χ2v) is 7.09. The topological polar surface area (TPSA) is 62.7 Å². The Balaban J connectivity index is 2.01. The van der Waals surface area contributed by atoms with E-state index in [1.807, 2.05) is 0 Å². The minimum atomic E-state index is -4.55. The average molecular weight is 373 g/mol. The van der Waals surface area contributed by atoms with Crippen LogP contribution in [0.3, 0.4) is 0 Å². The zero-order valence-corrected chi connectivity index (χ0v) is 15.2. The molecule has 26 heavy (non-hydrogen) atoms. The number of alkyl halides is 3. The summed E-state index contributed by atoms with van der Waals surface area (Å²) in [6.07, 6.45) is -5.00. The van der Waals surface area contributed by atoms with Crippen molar-refractivity contribution in [3.63, 3.8) is 0 Å². The second kappa shape index (κ2) is 7.13. The third kappa shape index (κ3) is 4.86. The Kier molecular flexibility index (Phi) is 5.48. The molecule has 0 aliphatic carbocycles. The number of aryl methyl sites for hydroxylation is 1. The summed E-state index contributed by atoms with van der Waals surface area (Å²) >= 11 is 0. The molecule has 1 aromatic heterocycles. The average Bonchev–Trinajstić information content (AvgIpc) is 2.52. The molecule has 1 fully saturated rings. The molecule has 0 unspecified atom stereocenters. The molecule has 144 valence electrons. The fourth-order valence-corrected chi connectivity index (χ4v) is 2.53. The number of amides is 2. The zero-order valence-electron chi connectivity index (χ0n) is 15.2. The Hall–Kier alpha value is -2.32. The van der Waals surface area contributed by atoms with Gasteiger partial charge < -0.3 is 14.5 Å². The van der Waals surface area contributed by atoms with Gasteiger partial charge in [0.2, 0.25) is 0 Å². The van der Waals surface area contributed by atoms with Crippen LogP contribution in [0.4, 0.5) is 18.0 Å². The molecule has 1 aliphatic heterocycles. The number of carbonyl (C=O) groups is 2. The predicted octanol–water partition coefficient (Wildman–Crippen LogP) is 3.10. The third-order valence-electron chi connectivity index (χ3n) is 3.83. The molecule has 2 amide bonds. The molecule has 0 atom stereocenters. The molecular formula is C17H22F3N3O3. The van der Waals surface area contributed by atoms with Crippen molar-refractivity contribution in [2.75, 3.05) is 26.2 Å². The molecule has 0 bridgehead atoms. The number of nitrogens with zero attached hydrogens (tertiary/aromatic N) is 3. The minimum Gasteiger partial charge on any atom is -0.444 e. The van der Waals surface area contributed by atoms with Crippen molar-refractivity contribution < 1.29 is 27.5 Å². The van der Waals surface area contributed by atoms with E-state index in [0.717, 1.165) is 12.1 Å². The van der Waals surface area contributed by atoms with Crippen LogP contribution in [0.15, 0.2) is 12.1 Å². The first kappa shape index (κ1) is 20.0. The van der Waals surface area contributed by atoms with E-state index in [1.165, 1.54) is 16.7 Å². The molecule has 0 saturated carbocycles. The van der Waals surface area contributed by atoms with Crippen molar-refractivity contribution in [2.24, 2.45) is 0 Å². The lowest BCUT2D eigenvalue weighted by Crippen LogP contribution is -2.51. The molecule has 0 N–H and O–H groups in total. The van der Waals surface area contributed by atoms with Crippen LogP contribution in [0.25, 0.3) is 0 Å². The first-order valence-corrected chi connectivity index (χ1v) is 8.20. The fraction of sp³-hybridized carbons (Fsp3) is 0.588. The number of hydrogen-bond acceptors (Lipinski definition) is 4. The number of aromatic nitrogens is 1. The highest BCUT2D eigenvalue weighted by atomic mass is 19.4. The Morgan fingerprint density at radius 2 is 1.58 bits per heavy atom. The SMILES string of the molecule is Cc1nc(C(F)(F)F)ccc1C(=O)N1CCN(C(=O)OC(C)(C)C)CC1. The van der Waals surface area contributed by atoms with Gasteiger partial charge in [0, 0.05) is 26.2 Å². The van der Waals surface area contributed by atoms with Gasteiger partial charge in [-0.3, -0.25) is 4.79 Å². The van der Waals surface area contributed by atoms with Crippen LogP contribution in [0, 0.1) is 6.92 Å². The van der Waals surface area contributed by atoms with Crippen LogP contribution in [-0.4, -0.2) is 58.6 Å². The van der Waals surface area contributed by atoms with E-state index in [2.05, 4.69) is 4.98 Å². The van der Waals surface area contributed by atoms with Gasteiger partial charge in [-0.05, 0) is 39.8 Å². The third-order valence-corrected chi connectivity index (χ3v) is 3.83. The zero-order chi connectivity index (χ0) is 19.7. The van der Waals surface area contributed by atoms with Crippen LogP contribution in [0.1, 0.15) is 42.5 Å². The van der Waals surface area contributed by atoms with E-state index in [1.54, 1.807) is 20.8 Å². The monoisotopic (exact) mass is 373 g/mol. The van der Waals surface area contributed by atoms with Crippen molar-refractivity contribution in [3.05, 3.63) is 29.1 Å². The van der Waals surface area contributed by atoms with Crippen LogP contribution >= 0.6 is 0 Å². The molecule has 1 saturated heterocycles. The summed E-state index contributed by atoms with van der Waals surface area (Å²) in [6, 6.07) is 1.95. The Bertz CT molecular complexity index is 691. The van der Waals surface area contributed by atoms with Gasteiger partial charge in [-0.1, -0.05) is 0 Å². The summed E-state index contributed by atoms with van der Waals surface area (Å²) in [5, 5.41) is 0. The Labute approximate surface area is 149 Å². The number of rotatable bonds is 1. The van der Waals surface area contributed by atoms with Gasteiger partial charge in [0.15, 0.2) is 0 Å². The van der Waals surface area contributed by atoms with Crippen molar-refractivity contribution in [2.45, 2.75) is 39.5 Å². The second-order valence-electron chi connectivity index (χ2n) is 7.09. The Morgan fingerprint density at radius 3 is 2.04 bits per heavy atom. The van der Waals surface area contributed by atoms with E-state index in [9.17, 15) is 22.8 Å². The van der Waals surface area contributed by atoms with E-state index < -0.39 is 29.5 Å². The quantitative estimate of drug-likeness (QED) is 0.759. The molecule has 9 heteroatoms. The summed E-state index contributed by atoms with van der Waals surface area (Å²) in [5.74, 6) is -0.396. The molecule has 1 aromatic rings. The van der Waals surface area contributed by atoms with E-state index in [-0.39, 0.29) is 24.3 Å². The summed E-state index contributed by atoms with van der Waals surface area (Å²) in [4.78, 5) is 31.1. The maximum Gasteiger partial charge on any atom is 0.433 e. The smallest absolute Gasteiger partial charge is 0.433 e. The van der Waals surface area contributed by atoms with Crippen LogP contribution in [0.2, 0.25) is 0 Å². The van der Waals surface area contributed by atoms with Gasteiger partial charge in [-0.2, -0.15) is 13.2 Å². The fourth-order valence-electron chi connectivity index (χ4n) is 2.53. The number of hydrogen-bond donors (Lipinski definition) is 0. The highest BCUT2D eigenvalue weighted by Gasteiger charge is 2.34. The molecule has 2 rings (SSSR count). The maximum atomic E-state index is 12.7. The van der Waals surface area contributed by atoms with Gasteiger partial charge in [-0.15, -0.1) is 0 Å². The van der Waals surface area contributed by atoms with Crippen molar-refractivity contribution >= 4 is 12.0 Å². The van der Waals surface area contributed by atoms with Crippen LogP contribution in [-0.2, 0) is 10.9 Å².